The van der Waals surface area contributed by atoms with Crippen molar-refractivity contribution < 1.29 is 4.74 Å². The molecule has 1 aliphatic heterocycles. The van der Waals surface area contributed by atoms with Crippen molar-refractivity contribution in [1.29, 1.82) is 0 Å². The van der Waals surface area contributed by atoms with Gasteiger partial charge in [-0.15, -0.1) is 11.8 Å². The highest BCUT2D eigenvalue weighted by Crippen LogP contribution is 2.39. The van der Waals surface area contributed by atoms with Crippen LogP contribution < -0.4 is 4.74 Å². The Labute approximate surface area is 141 Å². The molecule has 0 bridgehead atoms. The highest BCUT2D eigenvalue weighted by Gasteiger charge is 2.24. The van der Waals surface area contributed by atoms with Gasteiger partial charge in [-0.1, -0.05) is 37.7 Å². The maximum Gasteiger partial charge on any atom is 0.165 e. The summed E-state index contributed by atoms with van der Waals surface area (Å²) in [5.41, 5.74) is 1.10. The lowest BCUT2D eigenvalue weighted by molar-refractivity contribution is 0.209. The summed E-state index contributed by atoms with van der Waals surface area (Å²) >= 11 is 10.7. The van der Waals surface area contributed by atoms with Gasteiger partial charge in [-0.3, -0.25) is 0 Å². The molecule has 0 aliphatic carbocycles. The molecule has 3 rings (SSSR count). The SMILES string of the molecule is CCCc1[nH]c(C2CSc3ccccc3O2)nc(=S)c1Br. The number of hydrogen-bond acceptors (Lipinski definition) is 4. The van der Waals surface area contributed by atoms with Gasteiger partial charge in [0.15, 0.2) is 6.10 Å². The molecule has 2 aromatic rings. The number of aryl methyl sites for hydroxylation is 1. The largest absolute Gasteiger partial charge is 0.480 e. The molecule has 1 aromatic heterocycles. The number of hydrogen-bond donors (Lipinski definition) is 1. The van der Waals surface area contributed by atoms with Crippen molar-refractivity contribution in [2.24, 2.45) is 0 Å². The normalized spacial score (nSPS) is 17.1. The Kier molecular flexibility index (Phi) is 4.66. The van der Waals surface area contributed by atoms with Crippen molar-refractivity contribution >= 4 is 39.9 Å². The molecule has 2 heterocycles. The number of para-hydroxylation sites is 1. The number of halogens is 1. The molecule has 110 valence electrons. The van der Waals surface area contributed by atoms with Gasteiger partial charge in [0.05, 0.1) is 4.47 Å². The lowest BCUT2D eigenvalue weighted by atomic mass is 10.2. The molecule has 1 aliphatic rings. The van der Waals surface area contributed by atoms with Crippen LogP contribution in [-0.4, -0.2) is 15.7 Å². The summed E-state index contributed by atoms with van der Waals surface area (Å²) in [7, 11) is 0. The van der Waals surface area contributed by atoms with E-state index in [1.807, 2.05) is 18.2 Å². The zero-order valence-electron chi connectivity index (χ0n) is 11.6. The second-order valence-corrected chi connectivity index (χ2v) is 7.08. The summed E-state index contributed by atoms with van der Waals surface area (Å²) in [6.07, 6.45) is 1.91. The van der Waals surface area contributed by atoms with E-state index in [-0.39, 0.29) is 6.10 Å². The van der Waals surface area contributed by atoms with Crippen molar-refractivity contribution in [3.63, 3.8) is 0 Å². The summed E-state index contributed by atoms with van der Waals surface area (Å²) in [4.78, 5) is 9.06. The summed E-state index contributed by atoms with van der Waals surface area (Å²) in [5, 5.41) is 0. The first-order valence-corrected chi connectivity index (χ1v) is 9.04. The van der Waals surface area contributed by atoms with Crippen molar-refractivity contribution in [3.8, 4) is 5.75 Å². The molecule has 0 saturated carbocycles. The first kappa shape index (κ1) is 15.1. The van der Waals surface area contributed by atoms with Gasteiger partial charge in [0.1, 0.15) is 16.2 Å². The van der Waals surface area contributed by atoms with Crippen LogP contribution in [0.25, 0.3) is 0 Å². The highest BCUT2D eigenvalue weighted by atomic mass is 79.9. The maximum atomic E-state index is 6.07. The predicted molar refractivity (Wildman–Crippen MR) is 91.7 cm³/mol. The zero-order valence-corrected chi connectivity index (χ0v) is 14.8. The molecule has 1 unspecified atom stereocenters. The monoisotopic (exact) mass is 382 g/mol. The van der Waals surface area contributed by atoms with E-state index in [4.69, 9.17) is 17.0 Å². The van der Waals surface area contributed by atoms with Gasteiger partial charge in [0.25, 0.3) is 0 Å². The van der Waals surface area contributed by atoms with Crippen LogP contribution in [0, 0.1) is 4.64 Å². The number of fused-ring (bicyclic) bond motifs is 1. The summed E-state index contributed by atoms with van der Waals surface area (Å²) in [5.74, 6) is 2.57. The number of benzene rings is 1. The average Bonchev–Trinajstić information content (AvgIpc) is 2.51. The van der Waals surface area contributed by atoms with Gasteiger partial charge in [0.2, 0.25) is 0 Å². The fourth-order valence-corrected chi connectivity index (χ4v) is 3.85. The fourth-order valence-electron chi connectivity index (χ4n) is 2.25. The van der Waals surface area contributed by atoms with E-state index in [1.54, 1.807) is 11.8 Å². The number of nitrogens with one attached hydrogen (secondary N) is 1. The van der Waals surface area contributed by atoms with Gasteiger partial charge in [-0.05, 0) is 34.5 Å². The fraction of sp³-hybridized carbons (Fsp3) is 0.333. The number of ether oxygens (including phenoxy) is 1. The minimum absolute atomic E-state index is 0.0877. The quantitative estimate of drug-likeness (QED) is 0.750. The number of aromatic nitrogens is 2. The predicted octanol–water partition coefficient (Wildman–Crippen LogP) is 5.08. The van der Waals surface area contributed by atoms with E-state index in [2.05, 4.69) is 38.9 Å². The molecule has 1 atom stereocenters. The van der Waals surface area contributed by atoms with Crippen molar-refractivity contribution in [3.05, 3.63) is 44.9 Å². The lowest BCUT2D eigenvalue weighted by Crippen LogP contribution is -2.18. The Bertz CT molecular complexity index is 717. The molecule has 0 amide bonds. The molecule has 3 nitrogen and oxygen atoms in total. The summed E-state index contributed by atoms with van der Waals surface area (Å²) in [6.45, 7) is 2.15. The molecule has 0 radical (unpaired) electrons. The van der Waals surface area contributed by atoms with E-state index in [0.29, 0.717) is 4.64 Å². The first-order chi connectivity index (χ1) is 10.2. The highest BCUT2D eigenvalue weighted by molar-refractivity contribution is 9.10. The molecule has 0 fully saturated rings. The Morgan fingerprint density at radius 1 is 1.48 bits per heavy atom. The number of rotatable bonds is 3. The van der Waals surface area contributed by atoms with E-state index in [1.165, 1.54) is 4.90 Å². The summed E-state index contributed by atoms with van der Waals surface area (Å²) < 4.78 is 7.56. The minimum Gasteiger partial charge on any atom is -0.480 e. The molecule has 1 aromatic carbocycles. The molecular weight excluding hydrogens is 368 g/mol. The van der Waals surface area contributed by atoms with Gasteiger partial charge in [-0.25, -0.2) is 4.98 Å². The maximum absolute atomic E-state index is 6.07. The Morgan fingerprint density at radius 3 is 3.10 bits per heavy atom. The van der Waals surface area contributed by atoms with Crippen molar-refractivity contribution in [2.75, 3.05) is 5.75 Å². The first-order valence-electron chi connectivity index (χ1n) is 6.86. The van der Waals surface area contributed by atoms with Crippen LogP contribution in [-0.2, 0) is 6.42 Å². The summed E-state index contributed by atoms with van der Waals surface area (Å²) in [6, 6.07) is 8.09. The molecule has 21 heavy (non-hydrogen) atoms. The molecule has 0 saturated heterocycles. The number of nitrogens with zero attached hydrogens (tertiary/aromatic N) is 1. The van der Waals surface area contributed by atoms with Crippen LogP contribution in [0.1, 0.15) is 31.0 Å². The Balaban J connectivity index is 1.93. The third-order valence-electron chi connectivity index (χ3n) is 3.27. The average molecular weight is 383 g/mol. The van der Waals surface area contributed by atoms with E-state index in [9.17, 15) is 0 Å². The van der Waals surface area contributed by atoms with Gasteiger partial charge in [0, 0.05) is 16.3 Å². The third-order valence-corrected chi connectivity index (χ3v) is 5.80. The van der Waals surface area contributed by atoms with E-state index in [0.717, 1.165) is 40.3 Å². The van der Waals surface area contributed by atoms with Crippen LogP contribution in [0.5, 0.6) is 5.75 Å². The number of thioether (sulfide) groups is 1. The van der Waals surface area contributed by atoms with Gasteiger partial charge >= 0.3 is 0 Å². The number of H-pyrrole nitrogens is 1. The van der Waals surface area contributed by atoms with Crippen LogP contribution in [0.3, 0.4) is 0 Å². The van der Waals surface area contributed by atoms with E-state index < -0.39 is 0 Å². The Morgan fingerprint density at radius 2 is 2.29 bits per heavy atom. The standard InChI is InChI=1S/C15H15BrN2OS2/c1-2-5-9-13(16)15(20)18-14(17-9)11-8-21-12-7-4-3-6-10(12)19-11/h3-4,6-7,11H,2,5,8H2,1H3,(H,17,18,20). The smallest absolute Gasteiger partial charge is 0.165 e. The molecule has 6 heteroatoms. The van der Waals surface area contributed by atoms with Crippen LogP contribution in [0.2, 0.25) is 0 Å². The molecule has 0 spiro atoms. The molecule has 1 N–H and O–H groups in total. The van der Waals surface area contributed by atoms with Crippen LogP contribution in [0.15, 0.2) is 33.6 Å². The Hall–Kier alpha value is -0.850. The number of aromatic amines is 1. The third kappa shape index (κ3) is 3.17. The zero-order chi connectivity index (χ0) is 14.8. The minimum atomic E-state index is -0.0877. The second kappa shape index (κ2) is 6.50. The van der Waals surface area contributed by atoms with Gasteiger partial charge in [-0.2, -0.15) is 0 Å². The lowest BCUT2D eigenvalue weighted by Gasteiger charge is -2.25. The van der Waals surface area contributed by atoms with Crippen LogP contribution in [0.4, 0.5) is 0 Å². The molecular formula is C15H15BrN2OS2. The topological polar surface area (TPSA) is 37.9 Å². The van der Waals surface area contributed by atoms with Crippen molar-refractivity contribution in [1.82, 2.24) is 9.97 Å². The second-order valence-electron chi connectivity index (χ2n) is 4.83. The van der Waals surface area contributed by atoms with E-state index >= 15 is 0 Å². The van der Waals surface area contributed by atoms with Crippen molar-refractivity contribution in [2.45, 2.75) is 30.8 Å². The van der Waals surface area contributed by atoms with Gasteiger partial charge < -0.3 is 9.72 Å². The van der Waals surface area contributed by atoms with Crippen LogP contribution >= 0.6 is 39.9 Å².